The van der Waals surface area contributed by atoms with Gasteiger partial charge in [-0.2, -0.15) is 0 Å². The van der Waals surface area contributed by atoms with Gasteiger partial charge in [0.15, 0.2) is 0 Å². The SMILES string of the molecule is CC(C)C[C@H](CP(=O)(O)CC[C@H](N)C(=O)O)C(=O)O. The van der Waals surface area contributed by atoms with Gasteiger partial charge in [-0.05, 0) is 18.8 Å². The van der Waals surface area contributed by atoms with Gasteiger partial charge in [0.1, 0.15) is 6.04 Å². The van der Waals surface area contributed by atoms with Crippen LogP contribution in [-0.4, -0.2) is 45.4 Å². The first-order valence-electron chi connectivity index (χ1n) is 6.07. The normalized spacial score (nSPS) is 17.7. The molecule has 0 bridgehead atoms. The minimum atomic E-state index is -3.68. The van der Waals surface area contributed by atoms with Crippen molar-refractivity contribution in [1.29, 1.82) is 0 Å². The van der Waals surface area contributed by atoms with E-state index in [2.05, 4.69) is 0 Å². The summed E-state index contributed by atoms with van der Waals surface area (Å²) in [7, 11) is -3.68. The first-order chi connectivity index (χ1) is 8.55. The van der Waals surface area contributed by atoms with Crippen LogP contribution in [0.1, 0.15) is 26.7 Å². The Hall–Kier alpha value is -0.910. The van der Waals surface area contributed by atoms with Gasteiger partial charge in [0.05, 0.1) is 5.92 Å². The summed E-state index contributed by atoms with van der Waals surface area (Å²) in [6, 6.07) is -1.20. The lowest BCUT2D eigenvalue weighted by Gasteiger charge is -2.19. The quantitative estimate of drug-likeness (QED) is 0.461. The van der Waals surface area contributed by atoms with E-state index >= 15 is 0 Å². The molecular weight excluding hydrogens is 273 g/mol. The highest BCUT2D eigenvalue weighted by Gasteiger charge is 2.30. The lowest BCUT2D eigenvalue weighted by atomic mass is 9.99. The van der Waals surface area contributed by atoms with Crippen LogP contribution in [0.3, 0.4) is 0 Å². The highest BCUT2D eigenvalue weighted by Crippen LogP contribution is 2.44. The Morgan fingerprint density at radius 3 is 2.11 bits per heavy atom. The standard InChI is InChI=1S/C11H22NO6P/c1-7(2)5-8(10(13)14)6-19(17,18)4-3-9(12)11(15)16/h7-9H,3-6,12H2,1-2H3,(H,13,14)(H,15,16)(H,17,18)/t8-,9+/m1/s1. The summed E-state index contributed by atoms with van der Waals surface area (Å²) >= 11 is 0. The second kappa shape index (κ2) is 7.62. The molecule has 0 saturated carbocycles. The number of carbonyl (C=O) groups is 2. The molecule has 0 aromatic carbocycles. The van der Waals surface area contributed by atoms with Crippen molar-refractivity contribution in [3.8, 4) is 0 Å². The fourth-order valence-electron chi connectivity index (χ4n) is 1.72. The van der Waals surface area contributed by atoms with Crippen LogP contribution in [0, 0.1) is 11.8 Å². The van der Waals surface area contributed by atoms with Crippen molar-refractivity contribution in [3.05, 3.63) is 0 Å². The molecule has 0 aliphatic carbocycles. The molecule has 0 rings (SSSR count). The van der Waals surface area contributed by atoms with Crippen LogP contribution in [0.15, 0.2) is 0 Å². The minimum absolute atomic E-state index is 0.0994. The number of hydrogen-bond donors (Lipinski definition) is 4. The largest absolute Gasteiger partial charge is 0.481 e. The third kappa shape index (κ3) is 7.97. The summed E-state index contributed by atoms with van der Waals surface area (Å²) in [4.78, 5) is 31.2. The molecule has 7 nitrogen and oxygen atoms in total. The Labute approximate surface area is 112 Å². The van der Waals surface area contributed by atoms with E-state index in [4.69, 9.17) is 15.9 Å². The second-order valence-electron chi connectivity index (χ2n) is 5.15. The van der Waals surface area contributed by atoms with E-state index in [0.717, 1.165) is 0 Å². The van der Waals surface area contributed by atoms with Crippen LogP contribution in [0.2, 0.25) is 0 Å². The zero-order valence-corrected chi connectivity index (χ0v) is 12.0. The molecule has 0 aromatic heterocycles. The highest BCUT2D eigenvalue weighted by molar-refractivity contribution is 7.58. The van der Waals surface area contributed by atoms with E-state index in [0.29, 0.717) is 6.42 Å². The Balaban J connectivity index is 4.51. The molecule has 0 radical (unpaired) electrons. The minimum Gasteiger partial charge on any atom is -0.481 e. The molecule has 3 atom stereocenters. The van der Waals surface area contributed by atoms with E-state index in [1.54, 1.807) is 0 Å². The number of nitrogens with two attached hydrogens (primary N) is 1. The van der Waals surface area contributed by atoms with Gasteiger partial charge in [-0.3, -0.25) is 14.2 Å². The zero-order chi connectivity index (χ0) is 15.2. The maximum Gasteiger partial charge on any atom is 0.320 e. The van der Waals surface area contributed by atoms with Crippen LogP contribution < -0.4 is 5.73 Å². The van der Waals surface area contributed by atoms with Gasteiger partial charge < -0.3 is 20.8 Å². The van der Waals surface area contributed by atoms with Gasteiger partial charge in [-0.15, -0.1) is 0 Å². The molecule has 0 saturated heterocycles. The molecule has 0 fully saturated rings. The summed E-state index contributed by atoms with van der Waals surface area (Å²) in [5, 5.41) is 17.6. The Kier molecular flexibility index (Phi) is 7.26. The predicted octanol–water partition coefficient (Wildman–Crippen LogP) is 0.806. The first kappa shape index (κ1) is 18.1. The van der Waals surface area contributed by atoms with Crippen LogP contribution in [0.5, 0.6) is 0 Å². The van der Waals surface area contributed by atoms with Crippen molar-refractivity contribution in [2.75, 3.05) is 12.3 Å². The molecule has 112 valence electrons. The Morgan fingerprint density at radius 2 is 1.74 bits per heavy atom. The molecule has 0 aliphatic rings. The monoisotopic (exact) mass is 295 g/mol. The van der Waals surface area contributed by atoms with E-state index in [1.165, 1.54) is 0 Å². The number of rotatable bonds is 9. The van der Waals surface area contributed by atoms with Crippen molar-refractivity contribution in [1.82, 2.24) is 0 Å². The van der Waals surface area contributed by atoms with Gasteiger partial charge in [0.2, 0.25) is 7.37 Å². The van der Waals surface area contributed by atoms with Gasteiger partial charge >= 0.3 is 11.9 Å². The van der Waals surface area contributed by atoms with Crippen molar-refractivity contribution in [3.63, 3.8) is 0 Å². The third-order valence-corrected chi connectivity index (χ3v) is 4.69. The first-order valence-corrected chi connectivity index (χ1v) is 8.10. The summed E-state index contributed by atoms with van der Waals surface area (Å²) < 4.78 is 11.9. The van der Waals surface area contributed by atoms with E-state index in [1.807, 2.05) is 13.8 Å². The van der Waals surface area contributed by atoms with Gasteiger partial charge in [0, 0.05) is 12.3 Å². The number of hydrogen-bond acceptors (Lipinski definition) is 4. The maximum atomic E-state index is 11.9. The van der Waals surface area contributed by atoms with Crippen molar-refractivity contribution in [2.24, 2.45) is 17.6 Å². The average molecular weight is 295 g/mol. The molecule has 8 heteroatoms. The maximum absolute atomic E-state index is 11.9. The van der Waals surface area contributed by atoms with Gasteiger partial charge in [0.25, 0.3) is 0 Å². The number of carboxylic acids is 2. The topological polar surface area (TPSA) is 138 Å². The van der Waals surface area contributed by atoms with Crippen LogP contribution in [0.4, 0.5) is 0 Å². The summed E-state index contributed by atoms with van der Waals surface area (Å²) in [5.41, 5.74) is 5.25. The summed E-state index contributed by atoms with van der Waals surface area (Å²) in [6.07, 6.45) is -0.447. The van der Waals surface area contributed by atoms with Crippen molar-refractivity contribution < 1.29 is 29.3 Å². The van der Waals surface area contributed by atoms with E-state index < -0.39 is 31.3 Å². The average Bonchev–Trinajstić information content (AvgIpc) is 2.23. The molecule has 0 aliphatic heterocycles. The highest BCUT2D eigenvalue weighted by atomic mass is 31.2. The fourth-order valence-corrected chi connectivity index (χ4v) is 3.58. The summed E-state index contributed by atoms with van der Waals surface area (Å²) in [6.45, 7) is 3.66. The zero-order valence-electron chi connectivity index (χ0n) is 11.2. The fraction of sp³-hybridized carbons (Fsp3) is 0.818. The molecule has 1 unspecified atom stereocenters. The molecule has 19 heavy (non-hydrogen) atoms. The van der Waals surface area contributed by atoms with E-state index in [-0.39, 0.29) is 24.7 Å². The summed E-state index contributed by atoms with van der Waals surface area (Å²) in [5.74, 6) is -3.14. The lowest BCUT2D eigenvalue weighted by molar-refractivity contribution is -0.141. The van der Waals surface area contributed by atoms with Crippen LogP contribution in [-0.2, 0) is 14.2 Å². The Bertz CT molecular complexity index is 370. The molecule has 0 amide bonds. The van der Waals surface area contributed by atoms with Gasteiger partial charge in [-0.25, -0.2) is 0 Å². The number of aliphatic carboxylic acids is 2. The number of carboxylic acid groups (broad SMARTS) is 2. The van der Waals surface area contributed by atoms with E-state index in [9.17, 15) is 19.0 Å². The van der Waals surface area contributed by atoms with Crippen LogP contribution in [0.25, 0.3) is 0 Å². The second-order valence-corrected chi connectivity index (χ2v) is 7.66. The Morgan fingerprint density at radius 1 is 1.21 bits per heavy atom. The predicted molar refractivity (Wildman–Crippen MR) is 70.4 cm³/mol. The smallest absolute Gasteiger partial charge is 0.320 e. The molecule has 0 aromatic rings. The molecular formula is C11H22NO6P. The third-order valence-electron chi connectivity index (χ3n) is 2.72. The lowest BCUT2D eigenvalue weighted by Crippen LogP contribution is -2.31. The van der Waals surface area contributed by atoms with Gasteiger partial charge in [-0.1, -0.05) is 13.8 Å². The van der Waals surface area contributed by atoms with Crippen molar-refractivity contribution in [2.45, 2.75) is 32.7 Å². The van der Waals surface area contributed by atoms with Crippen LogP contribution >= 0.6 is 7.37 Å². The van der Waals surface area contributed by atoms with Crippen molar-refractivity contribution >= 4 is 19.3 Å². The molecule has 5 N–H and O–H groups in total. The molecule has 0 heterocycles. The molecule has 0 spiro atoms.